The molecule has 0 saturated carbocycles. The number of carboxylic acids is 1. The van der Waals surface area contributed by atoms with E-state index in [0.717, 1.165) is 6.42 Å². The van der Waals surface area contributed by atoms with Crippen LogP contribution in [0.5, 0.6) is 0 Å². The molecule has 1 unspecified atom stereocenters. The highest BCUT2D eigenvalue weighted by Crippen LogP contribution is 2.24. The van der Waals surface area contributed by atoms with Gasteiger partial charge in [-0.15, -0.1) is 0 Å². The Morgan fingerprint density at radius 3 is 2.28 bits per heavy atom. The monoisotopic (exact) mass is 277 g/mol. The summed E-state index contributed by atoms with van der Waals surface area (Å²) in [5.41, 5.74) is 0. The minimum atomic E-state index is -3.25. The SMILES string of the molecule is CCCC(CC)S(=O)(=O)N1CCC(C(=O)O)CC1. The molecule has 0 aromatic carbocycles. The predicted molar refractivity (Wildman–Crippen MR) is 69.8 cm³/mol. The van der Waals surface area contributed by atoms with Crippen molar-refractivity contribution >= 4 is 16.0 Å². The number of piperidine rings is 1. The van der Waals surface area contributed by atoms with E-state index in [2.05, 4.69) is 0 Å². The molecule has 1 rings (SSSR count). The van der Waals surface area contributed by atoms with Crippen LogP contribution in [0.2, 0.25) is 0 Å². The first kappa shape index (κ1) is 15.4. The first-order valence-corrected chi connectivity index (χ1v) is 8.15. The van der Waals surface area contributed by atoms with Crippen molar-refractivity contribution in [2.45, 2.75) is 51.2 Å². The summed E-state index contributed by atoms with van der Waals surface area (Å²) in [5.74, 6) is -1.20. The summed E-state index contributed by atoms with van der Waals surface area (Å²) < 4.78 is 26.2. The largest absolute Gasteiger partial charge is 0.481 e. The second kappa shape index (κ2) is 6.52. The van der Waals surface area contributed by atoms with Crippen molar-refractivity contribution in [1.82, 2.24) is 4.31 Å². The van der Waals surface area contributed by atoms with E-state index in [1.807, 2.05) is 13.8 Å². The Labute approximate surface area is 109 Å². The summed E-state index contributed by atoms with van der Waals surface area (Å²) in [7, 11) is -3.25. The number of rotatable bonds is 6. The first-order chi connectivity index (χ1) is 8.43. The number of nitrogens with zero attached hydrogens (tertiary/aromatic N) is 1. The third-order valence-electron chi connectivity index (χ3n) is 3.65. The van der Waals surface area contributed by atoms with Gasteiger partial charge in [-0.1, -0.05) is 20.3 Å². The number of hydrogen-bond acceptors (Lipinski definition) is 3. The molecule has 0 aromatic rings. The molecule has 5 nitrogen and oxygen atoms in total. The number of hydrogen-bond donors (Lipinski definition) is 1. The van der Waals surface area contributed by atoms with Gasteiger partial charge in [-0.2, -0.15) is 0 Å². The van der Waals surface area contributed by atoms with E-state index in [4.69, 9.17) is 5.11 Å². The average Bonchev–Trinajstić information content (AvgIpc) is 2.35. The van der Waals surface area contributed by atoms with Gasteiger partial charge in [-0.3, -0.25) is 4.79 Å². The van der Waals surface area contributed by atoms with Gasteiger partial charge in [-0.05, 0) is 25.7 Å². The van der Waals surface area contributed by atoms with Crippen LogP contribution < -0.4 is 0 Å². The van der Waals surface area contributed by atoms with Crippen molar-refractivity contribution in [3.05, 3.63) is 0 Å². The van der Waals surface area contributed by atoms with Crippen LogP contribution in [0.3, 0.4) is 0 Å². The van der Waals surface area contributed by atoms with Crippen LogP contribution in [-0.4, -0.2) is 42.1 Å². The van der Waals surface area contributed by atoms with Gasteiger partial charge in [0, 0.05) is 13.1 Å². The van der Waals surface area contributed by atoms with Crippen LogP contribution in [-0.2, 0) is 14.8 Å². The molecule has 1 atom stereocenters. The van der Waals surface area contributed by atoms with Gasteiger partial charge in [0.25, 0.3) is 0 Å². The van der Waals surface area contributed by atoms with Crippen LogP contribution in [0.15, 0.2) is 0 Å². The molecule has 0 radical (unpaired) electrons. The summed E-state index contributed by atoms with van der Waals surface area (Å²) in [6.07, 6.45) is 3.00. The van der Waals surface area contributed by atoms with Crippen LogP contribution >= 0.6 is 0 Å². The van der Waals surface area contributed by atoms with E-state index in [1.54, 1.807) is 0 Å². The average molecular weight is 277 g/mol. The van der Waals surface area contributed by atoms with Crippen molar-refractivity contribution in [3.63, 3.8) is 0 Å². The molecule has 1 saturated heterocycles. The Kier molecular flexibility index (Phi) is 5.59. The summed E-state index contributed by atoms with van der Waals surface area (Å²) in [6, 6.07) is 0. The fourth-order valence-corrected chi connectivity index (χ4v) is 4.55. The summed E-state index contributed by atoms with van der Waals surface area (Å²) >= 11 is 0. The molecule has 0 aromatic heterocycles. The molecule has 0 bridgehead atoms. The zero-order chi connectivity index (χ0) is 13.8. The zero-order valence-corrected chi connectivity index (χ0v) is 11.9. The molecule has 0 amide bonds. The maximum Gasteiger partial charge on any atom is 0.306 e. The van der Waals surface area contributed by atoms with Crippen molar-refractivity contribution in [2.24, 2.45) is 5.92 Å². The van der Waals surface area contributed by atoms with Crippen LogP contribution in [0.1, 0.15) is 46.0 Å². The number of carbonyl (C=O) groups is 1. The second-order valence-corrected chi connectivity index (χ2v) is 7.09. The third kappa shape index (κ3) is 3.45. The molecule has 18 heavy (non-hydrogen) atoms. The van der Waals surface area contributed by atoms with Gasteiger partial charge in [0.15, 0.2) is 0 Å². The standard InChI is InChI=1S/C12H23NO4S/c1-3-5-11(4-2)18(16,17)13-8-6-10(7-9-13)12(14)15/h10-11H,3-9H2,1-2H3,(H,14,15). The number of sulfonamides is 1. The van der Waals surface area contributed by atoms with Crippen molar-refractivity contribution in [2.75, 3.05) is 13.1 Å². The van der Waals surface area contributed by atoms with E-state index in [1.165, 1.54) is 4.31 Å². The van der Waals surface area contributed by atoms with Gasteiger partial charge in [0.05, 0.1) is 11.2 Å². The van der Waals surface area contributed by atoms with Gasteiger partial charge < -0.3 is 5.11 Å². The van der Waals surface area contributed by atoms with Gasteiger partial charge in [0.2, 0.25) is 10.0 Å². The smallest absolute Gasteiger partial charge is 0.306 e. The number of carboxylic acid groups (broad SMARTS) is 1. The highest BCUT2D eigenvalue weighted by molar-refractivity contribution is 7.89. The lowest BCUT2D eigenvalue weighted by Crippen LogP contribution is -2.44. The molecule has 0 spiro atoms. The molecule has 1 aliphatic heterocycles. The lowest BCUT2D eigenvalue weighted by molar-refractivity contribution is -0.142. The quantitative estimate of drug-likeness (QED) is 0.801. The maximum absolute atomic E-state index is 12.4. The highest BCUT2D eigenvalue weighted by Gasteiger charge is 2.34. The third-order valence-corrected chi connectivity index (χ3v) is 6.15. The van der Waals surface area contributed by atoms with Crippen molar-refractivity contribution in [3.8, 4) is 0 Å². The first-order valence-electron chi connectivity index (χ1n) is 6.65. The minimum Gasteiger partial charge on any atom is -0.481 e. The molecular weight excluding hydrogens is 254 g/mol. The Morgan fingerprint density at radius 2 is 1.89 bits per heavy atom. The molecule has 1 heterocycles. The van der Waals surface area contributed by atoms with E-state index >= 15 is 0 Å². The Morgan fingerprint density at radius 1 is 1.33 bits per heavy atom. The van der Waals surface area contributed by atoms with Crippen LogP contribution in [0, 0.1) is 5.92 Å². The summed E-state index contributed by atoms with van der Waals surface area (Å²) in [5, 5.41) is 8.58. The van der Waals surface area contributed by atoms with Crippen LogP contribution in [0.25, 0.3) is 0 Å². The second-order valence-electron chi connectivity index (χ2n) is 4.88. The lowest BCUT2D eigenvalue weighted by Gasteiger charge is -2.32. The van der Waals surface area contributed by atoms with E-state index < -0.39 is 16.0 Å². The summed E-state index contributed by atoms with van der Waals surface area (Å²) in [6.45, 7) is 4.57. The van der Waals surface area contributed by atoms with Crippen LogP contribution in [0.4, 0.5) is 0 Å². The molecule has 0 aliphatic carbocycles. The van der Waals surface area contributed by atoms with E-state index in [0.29, 0.717) is 38.8 Å². The maximum atomic E-state index is 12.4. The van der Waals surface area contributed by atoms with E-state index in [9.17, 15) is 13.2 Å². The fourth-order valence-electron chi connectivity index (χ4n) is 2.45. The van der Waals surface area contributed by atoms with Gasteiger partial charge >= 0.3 is 5.97 Å². The topological polar surface area (TPSA) is 74.7 Å². The Balaban J connectivity index is 2.68. The molecule has 106 valence electrons. The molecule has 1 aliphatic rings. The Hall–Kier alpha value is -0.620. The minimum absolute atomic E-state index is 0.316. The van der Waals surface area contributed by atoms with Gasteiger partial charge in [0.1, 0.15) is 0 Å². The number of aliphatic carboxylic acids is 1. The van der Waals surface area contributed by atoms with E-state index in [-0.39, 0.29) is 11.2 Å². The molecule has 1 fully saturated rings. The highest BCUT2D eigenvalue weighted by atomic mass is 32.2. The van der Waals surface area contributed by atoms with Crippen molar-refractivity contribution < 1.29 is 18.3 Å². The zero-order valence-electron chi connectivity index (χ0n) is 11.1. The fraction of sp³-hybridized carbons (Fsp3) is 0.917. The lowest BCUT2D eigenvalue weighted by atomic mass is 9.99. The predicted octanol–water partition coefficient (Wildman–Crippen LogP) is 1.69. The van der Waals surface area contributed by atoms with Gasteiger partial charge in [-0.25, -0.2) is 12.7 Å². The normalized spacial score (nSPS) is 20.8. The van der Waals surface area contributed by atoms with Crippen molar-refractivity contribution in [1.29, 1.82) is 0 Å². The molecule has 1 N–H and O–H groups in total. The molecule has 6 heteroatoms. The Bertz CT molecular complexity index is 372. The summed E-state index contributed by atoms with van der Waals surface area (Å²) in [4.78, 5) is 10.8. The molecular formula is C12H23NO4S.